The SMILES string of the molecule is CCCC.COC(=O)/C=C/CCC(NC(=O)OC(C)(C)C)C(=O)Nc1cccn(CC(=O)NCC(=O)OC(C)(C)C)c1=O. The van der Waals surface area contributed by atoms with Crippen molar-refractivity contribution in [3.63, 3.8) is 0 Å². The topological polar surface area (TPSA) is 171 Å². The number of nitrogens with zero attached hydrogens (tertiary/aromatic N) is 1. The first-order valence-corrected chi connectivity index (χ1v) is 14.1. The minimum Gasteiger partial charge on any atom is -0.466 e. The Morgan fingerprint density at radius 1 is 0.977 bits per heavy atom. The number of carbonyl (C=O) groups is 5. The van der Waals surface area contributed by atoms with Crippen LogP contribution in [0.1, 0.15) is 81.1 Å². The number of aromatic nitrogens is 1. The molecule has 0 radical (unpaired) electrons. The monoisotopic (exact) mass is 608 g/mol. The lowest BCUT2D eigenvalue weighted by molar-refractivity contribution is -0.154. The number of alkyl carbamates (subject to hydrolysis) is 1. The van der Waals surface area contributed by atoms with Crippen LogP contribution in [0.15, 0.2) is 35.3 Å². The van der Waals surface area contributed by atoms with Gasteiger partial charge in [-0.25, -0.2) is 9.59 Å². The van der Waals surface area contributed by atoms with E-state index in [9.17, 15) is 28.8 Å². The fourth-order valence-electron chi connectivity index (χ4n) is 2.96. The number of rotatable bonds is 12. The summed E-state index contributed by atoms with van der Waals surface area (Å²) in [5, 5.41) is 7.31. The average Bonchev–Trinajstić information content (AvgIpc) is 2.89. The molecule has 0 fully saturated rings. The maximum Gasteiger partial charge on any atom is 0.408 e. The first kappa shape index (κ1) is 38.8. The van der Waals surface area contributed by atoms with Gasteiger partial charge in [0.2, 0.25) is 11.8 Å². The molecule has 1 heterocycles. The van der Waals surface area contributed by atoms with Gasteiger partial charge in [-0.3, -0.25) is 19.2 Å². The zero-order valence-electron chi connectivity index (χ0n) is 26.8. The van der Waals surface area contributed by atoms with E-state index >= 15 is 0 Å². The van der Waals surface area contributed by atoms with Crippen LogP contribution in [-0.2, 0) is 39.9 Å². The second-order valence-corrected chi connectivity index (χ2v) is 11.4. The van der Waals surface area contributed by atoms with E-state index in [1.807, 2.05) is 0 Å². The second-order valence-electron chi connectivity index (χ2n) is 11.4. The van der Waals surface area contributed by atoms with Gasteiger partial charge in [-0.2, -0.15) is 0 Å². The highest BCUT2D eigenvalue weighted by Gasteiger charge is 2.25. The molecule has 1 rings (SSSR count). The Kier molecular flexibility index (Phi) is 17.3. The number of hydrogen-bond donors (Lipinski definition) is 3. The third-order valence-electron chi connectivity index (χ3n) is 5.03. The standard InChI is InChI=1S/C26H38N4O9.C4H10/c1-25(2,3)38-21(33)15-27-19(31)16-30-14-10-12-18(23(30)35)28-22(34)17(11-8-9-13-20(32)37-7)29-24(36)39-26(4,5)6;1-3-4-2/h9-10,12-14,17H,8,11,15-16H2,1-7H3,(H,27,31)(H,28,34)(H,29,36);3-4H2,1-2H3/b13-9+;. The summed E-state index contributed by atoms with van der Waals surface area (Å²) in [4.78, 5) is 73.5. The minimum atomic E-state index is -1.12. The summed E-state index contributed by atoms with van der Waals surface area (Å²) in [6.45, 7) is 13.6. The van der Waals surface area contributed by atoms with Gasteiger partial charge in [-0.05, 0) is 66.5 Å². The van der Waals surface area contributed by atoms with Gasteiger partial charge in [0, 0.05) is 12.3 Å². The predicted octanol–water partition coefficient (Wildman–Crippen LogP) is 3.45. The number of amides is 3. The quantitative estimate of drug-likeness (QED) is 0.183. The van der Waals surface area contributed by atoms with Crippen molar-refractivity contribution in [2.45, 2.75) is 105 Å². The van der Waals surface area contributed by atoms with Crippen molar-refractivity contribution in [3.05, 3.63) is 40.8 Å². The summed E-state index contributed by atoms with van der Waals surface area (Å²) in [5.41, 5.74) is -2.34. The third-order valence-corrected chi connectivity index (χ3v) is 5.03. The summed E-state index contributed by atoms with van der Waals surface area (Å²) < 4.78 is 15.9. The molecule has 0 aliphatic rings. The van der Waals surface area contributed by atoms with E-state index in [1.54, 1.807) is 41.5 Å². The number of methoxy groups -OCH3 is 1. The van der Waals surface area contributed by atoms with Crippen LogP contribution >= 0.6 is 0 Å². The van der Waals surface area contributed by atoms with Crippen molar-refractivity contribution in [1.29, 1.82) is 0 Å². The molecule has 0 spiro atoms. The maximum absolute atomic E-state index is 13.0. The van der Waals surface area contributed by atoms with Crippen molar-refractivity contribution >= 4 is 35.5 Å². The third kappa shape index (κ3) is 18.8. The maximum atomic E-state index is 13.0. The van der Waals surface area contributed by atoms with Crippen LogP contribution in [0.5, 0.6) is 0 Å². The molecule has 0 aliphatic carbocycles. The number of nitrogens with one attached hydrogen (secondary N) is 3. The number of hydrogen-bond acceptors (Lipinski definition) is 9. The van der Waals surface area contributed by atoms with Gasteiger partial charge in [0.05, 0.1) is 7.11 Å². The van der Waals surface area contributed by atoms with Crippen LogP contribution in [0.2, 0.25) is 0 Å². The van der Waals surface area contributed by atoms with E-state index in [0.29, 0.717) is 0 Å². The van der Waals surface area contributed by atoms with Gasteiger partial charge in [0.1, 0.15) is 36.0 Å². The molecule has 43 heavy (non-hydrogen) atoms. The molecule has 1 aromatic heterocycles. The highest BCUT2D eigenvalue weighted by molar-refractivity contribution is 5.96. The molecule has 3 N–H and O–H groups in total. The summed E-state index contributed by atoms with van der Waals surface area (Å²) in [6.07, 6.45) is 6.11. The van der Waals surface area contributed by atoms with Crippen molar-refractivity contribution in [2.24, 2.45) is 0 Å². The van der Waals surface area contributed by atoms with Gasteiger partial charge >= 0.3 is 18.0 Å². The highest BCUT2D eigenvalue weighted by Crippen LogP contribution is 2.10. The van der Waals surface area contributed by atoms with Gasteiger partial charge < -0.3 is 34.7 Å². The zero-order chi connectivity index (χ0) is 33.2. The number of anilines is 1. The molecule has 3 amide bonds. The Labute approximate surface area is 253 Å². The first-order valence-electron chi connectivity index (χ1n) is 14.1. The number of pyridine rings is 1. The highest BCUT2D eigenvalue weighted by atomic mass is 16.6. The molecule has 1 aromatic rings. The fraction of sp³-hybridized carbons (Fsp3) is 0.600. The largest absolute Gasteiger partial charge is 0.466 e. The van der Waals surface area contributed by atoms with Crippen LogP contribution in [0.4, 0.5) is 10.5 Å². The van der Waals surface area contributed by atoms with Crippen LogP contribution in [0.3, 0.4) is 0 Å². The lowest BCUT2D eigenvalue weighted by atomic mass is 10.1. The number of esters is 2. The predicted molar refractivity (Wildman–Crippen MR) is 162 cm³/mol. The van der Waals surface area contributed by atoms with Crippen molar-refractivity contribution in [2.75, 3.05) is 19.0 Å². The molecule has 13 nitrogen and oxygen atoms in total. The van der Waals surface area contributed by atoms with E-state index < -0.39 is 59.2 Å². The van der Waals surface area contributed by atoms with Gasteiger partial charge in [0.25, 0.3) is 5.56 Å². The number of unbranched alkanes of at least 4 members (excludes halogenated alkanes) is 1. The van der Waals surface area contributed by atoms with Crippen molar-refractivity contribution < 1.29 is 38.2 Å². The van der Waals surface area contributed by atoms with E-state index in [0.717, 1.165) is 4.57 Å². The molecule has 0 aromatic carbocycles. The summed E-state index contributed by atoms with van der Waals surface area (Å²) in [6, 6.07) is 1.68. The van der Waals surface area contributed by atoms with E-state index in [-0.39, 0.29) is 25.1 Å². The molecule has 242 valence electrons. The Bertz CT molecular complexity index is 1160. The molecular weight excluding hydrogens is 560 g/mol. The summed E-state index contributed by atoms with van der Waals surface area (Å²) >= 11 is 0. The summed E-state index contributed by atoms with van der Waals surface area (Å²) in [7, 11) is 1.23. The molecule has 1 unspecified atom stereocenters. The Hall–Kier alpha value is -4.16. The molecule has 0 aliphatic heterocycles. The average molecular weight is 609 g/mol. The van der Waals surface area contributed by atoms with E-state index in [1.165, 1.54) is 50.4 Å². The molecule has 0 bridgehead atoms. The molecular formula is C30H48N4O9. The van der Waals surface area contributed by atoms with Gasteiger partial charge in [-0.15, -0.1) is 0 Å². The Balaban J connectivity index is 0.00000413. The van der Waals surface area contributed by atoms with Crippen LogP contribution in [0.25, 0.3) is 0 Å². The number of ether oxygens (including phenoxy) is 3. The lowest BCUT2D eigenvalue weighted by Gasteiger charge is -2.23. The fourth-order valence-corrected chi connectivity index (χ4v) is 2.96. The van der Waals surface area contributed by atoms with Crippen molar-refractivity contribution in [1.82, 2.24) is 15.2 Å². The molecule has 0 saturated carbocycles. The Morgan fingerprint density at radius 2 is 1.58 bits per heavy atom. The van der Waals surface area contributed by atoms with E-state index in [2.05, 4.69) is 34.5 Å². The molecule has 0 saturated heterocycles. The van der Waals surface area contributed by atoms with Crippen LogP contribution in [-0.4, -0.2) is 65.3 Å². The number of allylic oxidation sites excluding steroid dienone is 1. The minimum absolute atomic E-state index is 0.0761. The van der Waals surface area contributed by atoms with E-state index in [4.69, 9.17) is 9.47 Å². The second kappa shape index (κ2) is 19.1. The van der Waals surface area contributed by atoms with Crippen LogP contribution in [0, 0.1) is 0 Å². The Morgan fingerprint density at radius 3 is 2.12 bits per heavy atom. The molecule has 1 atom stereocenters. The molecule has 13 heteroatoms. The first-order chi connectivity index (χ1) is 19.9. The smallest absolute Gasteiger partial charge is 0.408 e. The number of carbonyl (C=O) groups excluding carboxylic acids is 5. The summed E-state index contributed by atoms with van der Waals surface area (Å²) in [5.74, 6) is -2.53. The van der Waals surface area contributed by atoms with Crippen LogP contribution < -0.4 is 21.5 Å². The zero-order valence-corrected chi connectivity index (χ0v) is 26.8. The van der Waals surface area contributed by atoms with Crippen molar-refractivity contribution in [3.8, 4) is 0 Å². The van der Waals surface area contributed by atoms with Gasteiger partial charge in [0.15, 0.2) is 0 Å². The van der Waals surface area contributed by atoms with Gasteiger partial charge in [-0.1, -0.05) is 32.8 Å². The lowest BCUT2D eigenvalue weighted by Crippen LogP contribution is -2.46. The normalized spacial score (nSPS) is 11.8.